The summed E-state index contributed by atoms with van der Waals surface area (Å²) in [5.74, 6) is 3.48. The van der Waals surface area contributed by atoms with Crippen LogP contribution < -0.4 is 4.74 Å². The summed E-state index contributed by atoms with van der Waals surface area (Å²) in [5, 5.41) is 9.24. The molecular weight excluding hydrogens is 288 g/mol. The number of carbonyl (C=O) groups excluding carboxylic acids is 1. The number of hydrogen-bond donors (Lipinski definition) is 1. The second kappa shape index (κ2) is 5.85. The van der Waals surface area contributed by atoms with Crippen LogP contribution in [0.5, 0.6) is 11.5 Å². The molecule has 0 amide bonds. The molecule has 124 valence electrons. The van der Waals surface area contributed by atoms with Gasteiger partial charge in [0.05, 0.1) is 0 Å². The van der Waals surface area contributed by atoms with Crippen LogP contribution in [-0.4, -0.2) is 11.1 Å². The first kappa shape index (κ1) is 15.0. The lowest BCUT2D eigenvalue weighted by molar-refractivity contribution is -0.134. The van der Waals surface area contributed by atoms with Gasteiger partial charge in [0.15, 0.2) is 0 Å². The van der Waals surface area contributed by atoms with E-state index in [1.165, 1.54) is 57.1 Å². The fourth-order valence-corrected chi connectivity index (χ4v) is 5.90. The highest BCUT2D eigenvalue weighted by molar-refractivity contribution is 5.72. The van der Waals surface area contributed by atoms with E-state index in [0.717, 1.165) is 24.2 Å². The van der Waals surface area contributed by atoms with Gasteiger partial charge in [-0.2, -0.15) is 0 Å². The molecule has 0 spiro atoms. The molecule has 4 bridgehead atoms. The minimum absolute atomic E-state index is 0.152. The molecule has 4 fully saturated rings. The van der Waals surface area contributed by atoms with Crippen molar-refractivity contribution >= 4 is 5.97 Å². The maximum atomic E-state index is 12.0. The highest BCUT2D eigenvalue weighted by Gasteiger charge is 2.50. The van der Waals surface area contributed by atoms with Gasteiger partial charge in [0.25, 0.3) is 0 Å². The van der Waals surface area contributed by atoms with Gasteiger partial charge in [-0.15, -0.1) is 0 Å². The lowest BCUT2D eigenvalue weighted by Crippen LogP contribution is -2.45. The average molecular weight is 314 g/mol. The number of benzene rings is 1. The second-order valence-electron chi connectivity index (χ2n) is 8.24. The summed E-state index contributed by atoms with van der Waals surface area (Å²) in [6, 6.07) is 6.34. The van der Waals surface area contributed by atoms with Crippen LogP contribution in [0.1, 0.15) is 57.8 Å². The highest BCUT2D eigenvalue weighted by Crippen LogP contribution is 2.61. The SMILES string of the molecule is O=C(CCCC12CC3CC(CC(C3)C1)C2)Oc1ccc(O)cc1. The molecule has 3 nitrogen and oxygen atoms in total. The van der Waals surface area contributed by atoms with E-state index in [-0.39, 0.29) is 11.7 Å². The van der Waals surface area contributed by atoms with Crippen LogP contribution in [0.2, 0.25) is 0 Å². The molecule has 1 aromatic carbocycles. The van der Waals surface area contributed by atoms with Gasteiger partial charge in [-0.25, -0.2) is 0 Å². The molecule has 4 saturated carbocycles. The third kappa shape index (κ3) is 3.24. The van der Waals surface area contributed by atoms with Crippen LogP contribution in [-0.2, 0) is 4.79 Å². The number of ether oxygens (including phenoxy) is 1. The van der Waals surface area contributed by atoms with Crippen LogP contribution in [0, 0.1) is 23.2 Å². The predicted octanol–water partition coefficient (Wildman–Crippen LogP) is 4.68. The van der Waals surface area contributed by atoms with Crippen molar-refractivity contribution < 1.29 is 14.6 Å². The number of esters is 1. The summed E-state index contributed by atoms with van der Waals surface area (Å²) in [6.45, 7) is 0. The summed E-state index contributed by atoms with van der Waals surface area (Å²) in [4.78, 5) is 12.0. The number of phenolic OH excluding ortho intramolecular Hbond substituents is 1. The van der Waals surface area contributed by atoms with E-state index in [4.69, 9.17) is 4.74 Å². The molecule has 5 rings (SSSR count). The van der Waals surface area contributed by atoms with Crippen LogP contribution >= 0.6 is 0 Å². The molecule has 23 heavy (non-hydrogen) atoms. The molecule has 0 atom stereocenters. The molecule has 0 aromatic heterocycles. The topological polar surface area (TPSA) is 46.5 Å². The maximum Gasteiger partial charge on any atom is 0.311 e. The Hall–Kier alpha value is -1.51. The highest BCUT2D eigenvalue weighted by atomic mass is 16.5. The van der Waals surface area contributed by atoms with Gasteiger partial charge in [0.2, 0.25) is 0 Å². The van der Waals surface area contributed by atoms with Gasteiger partial charge in [0, 0.05) is 6.42 Å². The first-order valence-electron chi connectivity index (χ1n) is 9.10. The van der Waals surface area contributed by atoms with Crippen molar-refractivity contribution in [2.24, 2.45) is 23.2 Å². The summed E-state index contributed by atoms with van der Waals surface area (Å²) in [5.41, 5.74) is 0.549. The number of aromatic hydroxyl groups is 1. The van der Waals surface area contributed by atoms with E-state index in [9.17, 15) is 9.90 Å². The van der Waals surface area contributed by atoms with Crippen molar-refractivity contribution in [3.63, 3.8) is 0 Å². The smallest absolute Gasteiger partial charge is 0.311 e. The Balaban J connectivity index is 1.27. The summed E-state index contributed by atoms with van der Waals surface area (Å²) >= 11 is 0. The number of phenols is 1. The molecule has 0 heterocycles. The summed E-state index contributed by atoms with van der Waals surface area (Å²) in [7, 11) is 0. The van der Waals surface area contributed by atoms with Gasteiger partial charge in [-0.05, 0) is 98.8 Å². The van der Waals surface area contributed by atoms with Crippen LogP contribution in [0.4, 0.5) is 0 Å². The molecule has 4 aliphatic carbocycles. The number of carbonyl (C=O) groups is 1. The van der Waals surface area contributed by atoms with E-state index >= 15 is 0 Å². The third-order valence-corrected chi connectivity index (χ3v) is 6.32. The maximum absolute atomic E-state index is 12.0. The Kier molecular flexibility index (Phi) is 3.82. The van der Waals surface area contributed by atoms with Crippen molar-refractivity contribution in [1.82, 2.24) is 0 Å². The summed E-state index contributed by atoms with van der Waals surface area (Å²) < 4.78 is 5.34. The fraction of sp³-hybridized carbons (Fsp3) is 0.650. The van der Waals surface area contributed by atoms with E-state index in [1.807, 2.05) is 0 Å². The Morgan fingerprint density at radius 3 is 2.17 bits per heavy atom. The lowest BCUT2D eigenvalue weighted by Gasteiger charge is -2.57. The minimum Gasteiger partial charge on any atom is -0.508 e. The molecular formula is C20H26O3. The predicted molar refractivity (Wildman–Crippen MR) is 88.2 cm³/mol. The Morgan fingerprint density at radius 2 is 1.61 bits per heavy atom. The van der Waals surface area contributed by atoms with E-state index in [2.05, 4.69) is 0 Å². The van der Waals surface area contributed by atoms with Crippen molar-refractivity contribution in [2.75, 3.05) is 0 Å². The first-order valence-corrected chi connectivity index (χ1v) is 9.10. The normalized spacial score (nSPS) is 34.5. The van der Waals surface area contributed by atoms with E-state index in [1.54, 1.807) is 12.1 Å². The van der Waals surface area contributed by atoms with E-state index in [0.29, 0.717) is 17.6 Å². The van der Waals surface area contributed by atoms with Crippen molar-refractivity contribution in [1.29, 1.82) is 0 Å². The molecule has 0 aliphatic heterocycles. The molecule has 4 aliphatic rings. The first-order chi connectivity index (χ1) is 11.1. The third-order valence-electron chi connectivity index (χ3n) is 6.32. The van der Waals surface area contributed by atoms with Gasteiger partial charge in [0.1, 0.15) is 11.5 Å². The number of rotatable bonds is 5. The zero-order valence-corrected chi connectivity index (χ0v) is 13.7. The number of hydrogen-bond acceptors (Lipinski definition) is 3. The molecule has 0 unspecified atom stereocenters. The molecule has 3 heteroatoms. The zero-order valence-electron chi connectivity index (χ0n) is 13.7. The van der Waals surface area contributed by atoms with Crippen molar-refractivity contribution in [3.05, 3.63) is 24.3 Å². The quantitative estimate of drug-likeness (QED) is 0.634. The monoisotopic (exact) mass is 314 g/mol. The molecule has 1 aromatic rings. The van der Waals surface area contributed by atoms with Crippen LogP contribution in [0.25, 0.3) is 0 Å². The van der Waals surface area contributed by atoms with Crippen LogP contribution in [0.3, 0.4) is 0 Å². The zero-order chi connectivity index (χ0) is 15.9. The lowest BCUT2D eigenvalue weighted by atomic mass is 9.48. The molecule has 1 N–H and O–H groups in total. The van der Waals surface area contributed by atoms with Crippen LogP contribution in [0.15, 0.2) is 24.3 Å². The van der Waals surface area contributed by atoms with Gasteiger partial charge in [-0.3, -0.25) is 4.79 Å². The second-order valence-corrected chi connectivity index (χ2v) is 8.24. The largest absolute Gasteiger partial charge is 0.508 e. The van der Waals surface area contributed by atoms with Crippen molar-refractivity contribution in [3.8, 4) is 11.5 Å². The fourth-order valence-electron chi connectivity index (χ4n) is 5.90. The molecule has 0 saturated heterocycles. The standard InChI is InChI=1S/C20H26O3/c21-17-3-5-18(6-4-17)23-19(22)2-1-7-20-11-14-8-15(12-20)10-16(9-14)13-20/h3-6,14-16,21H,1-2,7-13H2. The summed E-state index contributed by atoms with van der Waals surface area (Å²) in [6.07, 6.45) is 11.3. The average Bonchev–Trinajstić information content (AvgIpc) is 2.48. The van der Waals surface area contributed by atoms with Gasteiger partial charge >= 0.3 is 5.97 Å². The Morgan fingerprint density at radius 1 is 1.04 bits per heavy atom. The minimum atomic E-state index is -0.152. The van der Waals surface area contributed by atoms with Gasteiger partial charge < -0.3 is 9.84 Å². The van der Waals surface area contributed by atoms with Crippen molar-refractivity contribution in [2.45, 2.75) is 57.8 Å². The Bertz CT molecular complexity index is 540. The van der Waals surface area contributed by atoms with E-state index < -0.39 is 0 Å². The Labute approximate surface area is 138 Å². The molecule has 0 radical (unpaired) electrons. The van der Waals surface area contributed by atoms with Gasteiger partial charge in [-0.1, -0.05) is 0 Å².